The second kappa shape index (κ2) is 5.16. The standard InChI is InChI=1S/C13H6F6O/c14-6-3-1-5(2-4-6)13(20)7-8(15)10(17)12(19)11(18)9(7)16/h1-4,13,20H. The molecule has 0 radical (unpaired) electrons. The van der Waals surface area contributed by atoms with E-state index in [1.165, 1.54) is 0 Å². The number of halogens is 6. The molecule has 0 amide bonds. The molecular formula is C13H6F6O. The summed E-state index contributed by atoms with van der Waals surface area (Å²) in [6.45, 7) is 0. The average molecular weight is 292 g/mol. The molecule has 0 aliphatic carbocycles. The average Bonchev–Trinajstić information content (AvgIpc) is 2.44. The van der Waals surface area contributed by atoms with Gasteiger partial charge >= 0.3 is 0 Å². The van der Waals surface area contributed by atoms with Crippen LogP contribution in [0.15, 0.2) is 24.3 Å². The van der Waals surface area contributed by atoms with Crippen molar-refractivity contribution in [2.45, 2.75) is 6.10 Å². The van der Waals surface area contributed by atoms with Crippen molar-refractivity contribution in [2.24, 2.45) is 0 Å². The Labute approximate surface area is 109 Å². The van der Waals surface area contributed by atoms with Gasteiger partial charge in [0.1, 0.15) is 11.9 Å². The molecule has 2 rings (SSSR count). The van der Waals surface area contributed by atoms with E-state index in [9.17, 15) is 31.4 Å². The van der Waals surface area contributed by atoms with Gasteiger partial charge in [-0.15, -0.1) is 0 Å². The Bertz CT molecular complexity index is 624. The van der Waals surface area contributed by atoms with Gasteiger partial charge in [-0.05, 0) is 17.7 Å². The van der Waals surface area contributed by atoms with Gasteiger partial charge in [-0.2, -0.15) is 0 Å². The minimum Gasteiger partial charge on any atom is -0.383 e. The molecule has 0 aliphatic heterocycles. The molecule has 0 bridgehead atoms. The fourth-order valence-corrected chi connectivity index (χ4v) is 1.67. The van der Waals surface area contributed by atoms with Crippen LogP contribution in [0, 0.1) is 34.9 Å². The van der Waals surface area contributed by atoms with Crippen LogP contribution in [0.4, 0.5) is 26.3 Å². The molecule has 0 saturated heterocycles. The van der Waals surface area contributed by atoms with E-state index in [1.54, 1.807) is 0 Å². The van der Waals surface area contributed by atoms with Crippen LogP contribution in [-0.2, 0) is 0 Å². The maximum atomic E-state index is 13.5. The summed E-state index contributed by atoms with van der Waals surface area (Å²) in [5, 5.41) is 9.73. The number of hydrogen-bond acceptors (Lipinski definition) is 1. The SMILES string of the molecule is OC(c1ccc(F)cc1)c1c(F)c(F)c(F)c(F)c1F. The van der Waals surface area contributed by atoms with Gasteiger partial charge in [0.25, 0.3) is 0 Å². The zero-order valence-corrected chi connectivity index (χ0v) is 9.60. The summed E-state index contributed by atoms with van der Waals surface area (Å²) in [5.41, 5.74) is -1.59. The molecule has 106 valence electrons. The van der Waals surface area contributed by atoms with Crippen LogP contribution in [0.1, 0.15) is 17.2 Å². The Kier molecular flexibility index (Phi) is 3.71. The van der Waals surface area contributed by atoms with E-state index in [-0.39, 0.29) is 5.56 Å². The number of hydrogen-bond donors (Lipinski definition) is 1. The number of aliphatic hydroxyl groups excluding tert-OH is 1. The van der Waals surface area contributed by atoms with Crippen molar-refractivity contribution in [1.29, 1.82) is 0 Å². The normalized spacial score (nSPS) is 12.6. The first-order chi connectivity index (χ1) is 9.34. The lowest BCUT2D eigenvalue weighted by Crippen LogP contribution is -2.12. The first-order valence-corrected chi connectivity index (χ1v) is 5.29. The highest BCUT2D eigenvalue weighted by molar-refractivity contribution is 5.33. The fourth-order valence-electron chi connectivity index (χ4n) is 1.67. The van der Waals surface area contributed by atoms with Gasteiger partial charge in [0.05, 0.1) is 5.56 Å². The number of benzene rings is 2. The Morgan fingerprint density at radius 1 is 0.650 bits per heavy atom. The maximum Gasteiger partial charge on any atom is 0.200 e. The summed E-state index contributed by atoms with van der Waals surface area (Å²) in [7, 11) is 0. The first kappa shape index (κ1) is 14.4. The molecule has 2 aromatic rings. The van der Waals surface area contributed by atoms with E-state index in [0.29, 0.717) is 0 Å². The zero-order chi connectivity index (χ0) is 15.0. The Morgan fingerprint density at radius 3 is 1.50 bits per heavy atom. The van der Waals surface area contributed by atoms with Crippen molar-refractivity contribution in [1.82, 2.24) is 0 Å². The van der Waals surface area contributed by atoms with Gasteiger partial charge in [0.2, 0.25) is 5.82 Å². The largest absolute Gasteiger partial charge is 0.383 e. The van der Waals surface area contributed by atoms with Crippen LogP contribution >= 0.6 is 0 Å². The molecule has 1 unspecified atom stereocenters. The predicted octanol–water partition coefficient (Wildman–Crippen LogP) is 3.60. The molecular weight excluding hydrogens is 286 g/mol. The molecule has 1 N–H and O–H groups in total. The van der Waals surface area contributed by atoms with Crippen molar-refractivity contribution >= 4 is 0 Å². The van der Waals surface area contributed by atoms with Crippen molar-refractivity contribution < 1.29 is 31.4 Å². The van der Waals surface area contributed by atoms with Crippen LogP contribution in [0.25, 0.3) is 0 Å². The minimum absolute atomic E-state index is 0.213. The monoisotopic (exact) mass is 292 g/mol. The van der Waals surface area contributed by atoms with E-state index in [0.717, 1.165) is 24.3 Å². The molecule has 20 heavy (non-hydrogen) atoms. The lowest BCUT2D eigenvalue weighted by Gasteiger charge is -2.14. The van der Waals surface area contributed by atoms with Crippen molar-refractivity contribution in [3.8, 4) is 0 Å². The lowest BCUT2D eigenvalue weighted by molar-refractivity contribution is 0.202. The summed E-state index contributed by atoms with van der Waals surface area (Å²) < 4.78 is 78.5. The summed E-state index contributed by atoms with van der Waals surface area (Å²) >= 11 is 0. The van der Waals surface area contributed by atoms with Crippen molar-refractivity contribution in [3.63, 3.8) is 0 Å². The molecule has 0 aromatic heterocycles. The molecule has 1 atom stereocenters. The molecule has 0 fully saturated rings. The highest BCUT2D eigenvalue weighted by Gasteiger charge is 2.30. The van der Waals surface area contributed by atoms with Gasteiger partial charge in [0.15, 0.2) is 23.3 Å². The number of rotatable bonds is 2. The fraction of sp³-hybridized carbons (Fsp3) is 0.0769. The number of aliphatic hydroxyl groups is 1. The van der Waals surface area contributed by atoms with Crippen LogP contribution in [0.2, 0.25) is 0 Å². The molecule has 0 aliphatic rings. The summed E-state index contributed by atoms with van der Waals surface area (Å²) in [5.74, 6) is -11.6. The lowest BCUT2D eigenvalue weighted by atomic mass is 10.00. The summed E-state index contributed by atoms with van der Waals surface area (Å²) in [6.07, 6.45) is -2.11. The molecule has 0 spiro atoms. The van der Waals surface area contributed by atoms with Gasteiger partial charge in [-0.1, -0.05) is 12.1 Å². The predicted molar refractivity (Wildman–Crippen MR) is 56.7 cm³/mol. The Hall–Kier alpha value is -2.02. The van der Waals surface area contributed by atoms with Crippen LogP contribution in [0.5, 0.6) is 0 Å². The Morgan fingerprint density at radius 2 is 1.05 bits per heavy atom. The minimum atomic E-state index is -2.31. The third-order valence-electron chi connectivity index (χ3n) is 2.70. The van der Waals surface area contributed by atoms with Gasteiger partial charge in [-0.25, -0.2) is 26.3 Å². The summed E-state index contributed by atoms with van der Waals surface area (Å²) in [4.78, 5) is 0. The Balaban J connectivity index is 2.60. The van der Waals surface area contributed by atoms with E-state index >= 15 is 0 Å². The topological polar surface area (TPSA) is 20.2 Å². The third kappa shape index (κ3) is 2.24. The van der Waals surface area contributed by atoms with Crippen molar-refractivity contribution in [3.05, 3.63) is 70.3 Å². The van der Waals surface area contributed by atoms with E-state index in [4.69, 9.17) is 0 Å². The van der Waals surface area contributed by atoms with E-state index in [2.05, 4.69) is 0 Å². The quantitative estimate of drug-likeness (QED) is 0.509. The molecule has 0 heterocycles. The molecule has 1 nitrogen and oxygen atoms in total. The smallest absolute Gasteiger partial charge is 0.200 e. The second-order valence-corrected chi connectivity index (χ2v) is 3.94. The molecule has 2 aromatic carbocycles. The summed E-state index contributed by atoms with van der Waals surface area (Å²) in [6, 6.07) is 3.70. The van der Waals surface area contributed by atoms with Gasteiger partial charge in [-0.3, -0.25) is 0 Å². The van der Waals surface area contributed by atoms with Crippen molar-refractivity contribution in [2.75, 3.05) is 0 Å². The first-order valence-electron chi connectivity index (χ1n) is 5.29. The van der Waals surface area contributed by atoms with Crippen LogP contribution < -0.4 is 0 Å². The van der Waals surface area contributed by atoms with Gasteiger partial charge in [0, 0.05) is 0 Å². The highest BCUT2D eigenvalue weighted by atomic mass is 19.2. The third-order valence-corrected chi connectivity index (χ3v) is 2.70. The van der Waals surface area contributed by atoms with E-state index in [1.807, 2.05) is 0 Å². The van der Waals surface area contributed by atoms with E-state index < -0.39 is 46.6 Å². The van der Waals surface area contributed by atoms with Crippen LogP contribution in [0.3, 0.4) is 0 Å². The zero-order valence-electron chi connectivity index (χ0n) is 9.60. The molecule has 0 saturated carbocycles. The maximum absolute atomic E-state index is 13.5. The van der Waals surface area contributed by atoms with Crippen LogP contribution in [-0.4, -0.2) is 5.11 Å². The molecule has 7 heteroatoms. The highest BCUT2D eigenvalue weighted by Crippen LogP contribution is 2.31. The second-order valence-electron chi connectivity index (χ2n) is 3.94. The van der Waals surface area contributed by atoms with Gasteiger partial charge < -0.3 is 5.11 Å².